The monoisotopic (exact) mass is 358 g/mol. The van der Waals surface area contributed by atoms with E-state index >= 15 is 0 Å². The van der Waals surface area contributed by atoms with Crippen molar-refractivity contribution in [3.8, 4) is 17.2 Å². The molecule has 0 bridgehead atoms. The molecule has 6 heteroatoms. The Morgan fingerprint density at radius 1 is 0.917 bits per heavy atom. The van der Waals surface area contributed by atoms with Crippen molar-refractivity contribution >= 4 is 7.60 Å². The van der Waals surface area contributed by atoms with Gasteiger partial charge >= 0.3 is 7.60 Å². The molecule has 0 fully saturated rings. The average Bonchev–Trinajstić information content (AvgIpc) is 2.60. The van der Waals surface area contributed by atoms with Crippen LogP contribution in [0.25, 0.3) is 0 Å². The van der Waals surface area contributed by atoms with Gasteiger partial charge in [0.05, 0.1) is 27.0 Å². The molecule has 0 aliphatic carbocycles. The van der Waals surface area contributed by atoms with Gasteiger partial charge < -0.3 is 14.0 Å². The molecular weight excluding hydrogens is 327 g/mol. The van der Waals surface area contributed by atoms with Crippen LogP contribution in [0.2, 0.25) is 0 Å². The van der Waals surface area contributed by atoms with Gasteiger partial charge in [-0.05, 0) is 25.0 Å². The van der Waals surface area contributed by atoms with Crippen LogP contribution in [-0.2, 0) is 9.09 Å². The predicted octanol–water partition coefficient (Wildman–Crippen LogP) is 5.67. The van der Waals surface area contributed by atoms with E-state index in [4.69, 9.17) is 18.5 Å². The Bertz CT molecular complexity index is 496. The first kappa shape index (κ1) is 20.9. The average molecular weight is 358 g/mol. The van der Waals surface area contributed by atoms with E-state index < -0.39 is 7.60 Å². The van der Waals surface area contributed by atoms with E-state index in [1.165, 1.54) is 0 Å². The number of para-hydroxylation sites is 1. The molecule has 0 spiro atoms. The predicted molar refractivity (Wildman–Crippen MR) is 97.6 cm³/mol. The van der Waals surface area contributed by atoms with Gasteiger partial charge in [-0.1, -0.05) is 45.6 Å². The van der Waals surface area contributed by atoms with Gasteiger partial charge in [0.1, 0.15) is 0 Å². The minimum Gasteiger partial charge on any atom is -0.493 e. The molecule has 0 aliphatic rings. The van der Waals surface area contributed by atoms with Crippen LogP contribution >= 0.6 is 7.60 Å². The third kappa shape index (κ3) is 6.74. The van der Waals surface area contributed by atoms with Crippen molar-refractivity contribution in [1.82, 2.24) is 0 Å². The van der Waals surface area contributed by atoms with Gasteiger partial charge in [-0.25, -0.2) is 4.57 Å². The first-order valence-electron chi connectivity index (χ1n) is 8.74. The van der Waals surface area contributed by atoms with E-state index in [1.807, 2.05) is 0 Å². The molecule has 0 radical (unpaired) electrons. The number of methoxy groups -OCH3 is 2. The second-order valence-corrected chi connectivity index (χ2v) is 7.77. The molecule has 0 saturated heterocycles. The Labute approximate surface area is 146 Å². The Hall–Kier alpha value is -1.19. The third-order valence-electron chi connectivity index (χ3n) is 3.68. The third-order valence-corrected chi connectivity index (χ3v) is 5.59. The Morgan fingerprint density at radius 2 is 1.54 bits per heavy atom. The summed E-state index contributed by atoms with van der Waals surface area (Å²) >= 11 is 0. The molecule has 0 amide bonds. The lowest BCUT2D eigenvalue weighted by atomic mass is 10.2. The molecule has 0 heterocycles. The molecule has 0 aliphatic heterocycles. The molecule has 5 nitrogen and oxygen atoms in total. The van der Waals surface area contributed by atoms with Gasteiger partial charge in [0.15, 0.2) is 11.5 Å². The molecule has 1 unspecified atom stereocenters. The van der Waals surface area contributed by atoms with Gasteiger partial charge in [-0.15, -0.1) is 0 Å². The zero-order valence-electron chi connectivity index (χ0n) is 15.4. The van der Waals surface area contributed by atoms with Crippen molar-refractivity contribution in [1.29, 1.82) is 0 Å². The summed E-state index contributed by atoms with van der Waals surface area (Å²) in [5.41, 5.74) is 0. The highest BCUT2D eigenvalue weighted by molar-refractivity contribution is 7.54. The van der Waals surface area contributed by atoms with Gasteiger partial charge in [0, 0.05) is 0 Å². The lowest BCUT2D eigenvalue weighted by Crippen LogP contribution is -2.06. The van der Waals surface area contributed by atoms with Crippen LogP contribution in [0.15, 0.2) is 18.2 Å². The smallest absolute Gasteiger partial charge is 0.379 e. The van der Waals surface area contributed by atoms with E-state index in [0.29, 0.717) is 30.0 Å². The van der Waals surface area contributed by atoms with Crippen molar-refractivity contribution in [2.24, 2.45) is 0 Å². The highest BCUT2D eigenvalue weighted by atomic mass is 31.2. The summed E-state index contributed by atoms with van der Waals surface area (Å²) in [6.45, 7) is 4.65. The van der Waals surface area contributed by atoms with Crippen molar-refractivity contribution in [2.75, 3.05) is 27.0 Å². The molecule has 0 saturated carbocycles. The van der Waals surface area contributed by atoms with Crippen LogP contribution in [-0.4, -0.2) is 27.0 Å². The van der Waals surface area contributed by atoms with Gasteiger partial charge in [-0.3, -0.25) is 4.52 Å². The molecule has 24 heavy (non-hydrogen) atoms. The van der Waals surface area contributed by atoms with Crippen LogP contribution in [0.5, 0.6) is 17.2 Å². The number of rotatable bonds is 13. The summed E-state index contributed by atoms with van der Waals surface area (Å²) in [5, 5.41) is 0. The van der Waals surface area contributed by atoms with Crippen LogP contribution in [0.4, 0.5) is 0 Å². The Kier molecular flexibility index (Phi) is 9.89. The number of hydrogen-bond acceptors (Lipinski definition) is 5. The normalized spacial score (nSPS) is 13.3. The topological polar surface area (TPSA) is 54.0 Å². The maximum absolute atomic E-state index is 13.2. The first-order chi connectivity index (χ1) is 11.6. The summed E-state index contributed by atoms with van der Waals surface area (Å²) in [7, 11) is -0.155. The van der Waals surface area contributed by atoms with Crippen LogP contribution < -0.4 is 14.0 Å². The van der Waals surface area contributed by atoms with Crippen molar-refractivity contribution in [2.45, 2.75) is 52.4 Å². The maximum Gasteiger partial charge on any atom is 0.379 e. The second-order valence-electron chi connectivity index (χ2n) is 5.66. The summed E-state index contributed by atoms with van der Waals surface area (Å²) < 4.78 is 35.3. The lowest BCUT2D eigenvalue weighted by Gasteiger charge is -2.22. The van der Waals surface area contributed by atoms with Crippen molar-refractivity contribution < 1.29 is 23.1 Å². The van der Waals surface area contributed by atoms with E-state index in [2.05, 4.69) is 13.8 Å². The minimum atomic E-state index is -3.25. The quantitative estimate of drug-likeness (QED) is 0.336. The molecule has 138 valence electrons. The summed E-state index contributed by atoms with van der Waals surface area (Å²) in [4.78, 5) is 0. The Balaban J connectivity index is 2.86. The second kappa shape index (κ2) is 11.4. The van der Waals surface area contributed by atoms with Crippen molar-refractivity contribution in [3.63, 3.8) is 0 Å². The van der Waals surface area contributed by atoms with Gasteiger partial charge in [0.2, 0.25) is 5.75 Å². The molecule has 0 N–H and O–H groups in total. The number of unbranched alkanes of at least 4 members (excludes halogenated alkanes) is 4. The number of benzene rings is 1. The van der Waals surface area contributed by atoms with Crippen molar-refractivity contribution in [3.05, 3.63) is 18.2 Å². The number of ether oxygens (including phenoxy) is 2. The zero-order valence-corrected chi connectivity index (χ0v) is 16.3. The van der Waals surface area contributed by atoms with Gasteiger partial charge in [0.25, 0.3) is 0 Å². The van der Waals surface area contributed by atoms with E-state index in [-0.39, 0.29) is 0 Å². The molecule has 1 aromatic rings. The fourth-order valence-corrected chi connectivity index (χ4v) is 4.11. The highest BCUT2D eigenvalue weighted by Gasteiger charge is 2.28. The van der Waals surface area contributed by atoms with Gasteiger partial charge in [-0.2, -0.15) is 0 Å². The van der Waals surface area contributed by atoms with E-state index in [9.17, 15) is 4.57 Å². The zero-order chi connectivity index (χ0) is 17.8. The highest BCUT2D eigenvalue weighted by Crippen LogP contribution is 2.53. The molecule has 1 aromatic carbocycles. The first-order valence-corrected chi connectivity index (χ1v) is 10.5. The van der Waals surface area contributed by atoms with E-state index in [1.54, 1.807) is 32.4 Å². The fraction of sp³-hybridized carbons (Fsp3) is 0.667. The number of hydrogen-bond donors (Lipinski definition) is 0. The van der Waals surface area contributed by atoms with Crippen LogP contribution in [0, 0.1) is 0 Å². The Morgan fingerprint density at radius 3 is 2.08 bits per heavy atom. The molecule has 0 aromatic heterocycles. The largest absolute Gasteiger partial charge is 0.493 e. The fourth-order valence-electron chi connectivity index (χ4n) is 2.27. The van der Waals surface area contributed by atoms with E-state index in [0.717, 1.165) is 38.5 Å². The van der Waals surface area contributed by atoms with Crippen LogP contribution in [0.1, 0.15) is 52.4 Å². The molecule has 1 atom stereocenters. The summed E-state index contributed by atoms with van der Waals surface area (Å²) in [5.74, 6) is 1.32. The summed E-state index contributed by atoms with van der Waals surface area (Å²) in [6.07, 6.45) is 6.36. The summed E-state index contributed by atoms with van der Waals surface area (Å²) in [6, 6.07) is 5.31. The lowest BCUT2D eigenvalue weighted by molar-refractivity contribution is 0.250. The minimum absolute atomic E-state index is 0.343. The standard InChI is InChI=1S/C18H31O5P/c1-5-7-9-10-14-22-24(19,15-8-6-2)23-18-16(20-3)12-11-13-17(18)21-4/h11-13H,5-10,14-15H2,1-4H3. The molecular formula is C18H31O5P. The maximum atomic E-state index is 13.2. The van der Waals surface area contributed by atoms with Crippen LogP contribution in [0.3, 0.4) is 0 Å². The molecule has 1 rings (SSSR count). The SMILES string of the molecule is CCCCCCOP(=O)(CCCC)Oc1c(OC)cccc1OC.